The van der Waals surface area contributed by atoms with Crippen molar-refractivity contribution in [2.45, 2.75) is 39.8 Å². The first-order valence-electron chi connectivity index (χ1n) is 14.8. The van der Waals surface area contributed by atoms with Gasteiger partial charge in [-0.2, -0.15) is 0 Å². The van der Waals surface area contributed by atoms with Gasteiger partial charge in [0.25, 0.3) is 0 Å². The van der Waals surface area contributed by atoms with Gasteiger partial charge >= 0.3 is 0 Å². The van der Waals surface area contributed by atoms with Gasteiger partial charge in [-0.3, -0.25) is 10.8 Å². The van der Waals surface area contributed by atoms with E-state index >= 15 is 0 Å². The van der Waals surface area contributed by atoms with E-state index in [2.05, 4.69) is 81.3 Å². The highest BCUT2D eigenvalue weighted by Gasteiger charge is 2.11. The van der Waals surface area contributed by atoms with Crippen LogP contribution in [0.4, 0.5) is 0 Å². The molecule has 0 radical (unpaired) electrons. The molecule has 0 amide bonds. The molecule has 6 aromatic rings. The molecule has 2 heterocycles. The van der Waals surface area contributed by atoms with Crippen LogP contribution in [0.25, 0.3) is 57.0 Å². The van der Waals surface area contributed by atoms with Crippen LogP contribution in [0.5, 0.6) is 0 Å². The normalized spacial score (nSPS) is 11.7. The summed E-state index contributed by atoms with van der Waals surface area (Å²) in [5.74, 6) is 2.41. The maximum Gasteiger partial charge on any atom is 0.138 e. The molecule has 6 N–H and O–H groups in total. The summed E-state index contributed by atoms with van der Waals surface area (Å²) in [6, 6.07) is 28.7. The minimum Gasteiger partial charge on any atom is -0.368 e. The van der Waals surface area contributed by atoms with E-state index in [1.165, 1.54) is 0 Å². The first kappa shape index (κ1) is 28.6. The molecule has 0 fully saturated rings. The zero-order valence-electron chi connectivity index (χ0n) is 25.3. The lowest BCUT2D eigenvalue weighted by atomic mass is 10.1. The predicted octanol–water partition coefficient (Wildman–Crippen LogP) is 7.59. The molecule has 2 aromatic heterocycles. The highest BCUT2D eigenvalue weighted by molar-refractivity contribution is 6.00. The van der Waals surface area contributed by atoms with Crippen LogP contribution < -0.4 is 10.6 Å². The second kappa shape index (κ2) is 12.0. The largest absolute Gasteiger partial charge is 0.368 e. The van der Waals surface area contributed by atoms with Crippen LogP contribution in [0.3, 0.4) is 0 Å². The molecular weight excluding hydrogens is 544 g/mol. The zero-order chi connectivity index (χ0) is 30.8. The second-order valence-corrected chi connectivity index (χ2v) is 11.6. The van der Waals surface area contributed by atoms with Gasteiger partial charge in [-0.05, 0) is 75.2 Å². The molecule has 0 saturated carbocycles. The number of amidine groups is 2. The van der Waals surface area contributed by atoms with E-state index in [1.54, 1.807) is 0 Å². The summed E-state index contributed by atoms with van der Waals surface area (Å²) in [4.78, 5) is 16.4. The molecule has 0 aliphatic heterocycles. The average molecular weight is 581 g/mol. The van der Waals surface area contributed by atoms with Crippen LogP contribution in [-0.4, -0.2) is 43.7 Å². The molecule has 0 atom stereocenters. The second-order valence-electron chi connectivity index (χ2n) is 11.6. The Labute approximate surface area is 256 Å². The summed E-state index contributed by atoms with van der Waals surface area (Å²) in [5.41, 5.74) is 9.41. The first-order valence-corrected chi connectivity index (χ1v) is 14.8. The number of rotatable bonds is 8. The number of imidazole rings is 2. The molecule has 44 heavy (non-hydrogen) atoms. The van der Waals surface area contributed by atoms with E-state index in [0.717, 1.165) is 67.1 Å². The van der Waals surface area contributed by atoms with E-state index < -0.39 is 0 Å². The third-order valence-electron chi connectivity index (χ3n) is 7.25. The SMILES string of the molecule is CC(C)NC(=N)c1ccc2[nH]c(-c3ccc(/C=C/c4ccc(-c5nc6cc(C(=N)NC(C)C)ccc6[nH]5)cc4)cc3)nc2c1. The molecule has 8 heteroatoms. The zero-order valence-corrected chi connectivity index (χ0v) is 25.3. The maximum absolute atomic E-state index is 8.27. The van der Waals surface area contributed by atoms with Crippen LogP contribution in [0.2, 0.25) is 0 Å². The van der Waals surface area contributed by atoms with Gasteiger partial charge in [-0.1, -0.05) is 60.7 Å². The van der Waals surface area contributed by atoms with Crippen molar-refractivity contribution < 1.29 is 0 Å². The molecule has 8 nitrogen and oxygen atoms in total. The van der Waals surface area contributed by atoms with Gasteiger partial charge < -0.3 is 20.6 Å². The Morgan fingerprint density at radius 1 is 0.591 bits per heavy atom. The van der Waals surface area contributed by atoms with Crippen molar-refractivity contribution in [2.24, 2.45) is 0 Å². The Bertz CT molecular complexity index is 1850. The summed E-state index contributed by atoms with van der Waals surface area (Å²) in [6.45, 7) is 8.09. The minimum atomic E-state index is 0.201. The van der Waals surface area contributed by atoms with E-state index in [1.807, 2.05) is 64.1 Å². The van der Waals surface area contributed by atoms with Crippen molar-refractivity contribution in [3.63, 3.8) is 0 Å². The monoisotopic (exact) mass is 580 g/mol. The molecule has 0 unspecified atom stereocenters. The number of H-pyrrole nitrogens is 2. The average Bonchev–Trinajstić information content (AvgIpc) is 3.63. The van der Waals surface area contributed by atoms with Crippen molar-refractivity contribution in [1.29, 1.82) is 10.8 Å². The molecule has 220 valence electrons. The lowest BCUT2D eigenvalue weighted by Gasteiger charge is -2.10. The molecule has 0 aliphatic carbocycles. The van der Waals surface area contributed by atoms with Gasteiger partial charge in [-0.25, -0.2) is 9.97 Å². The lowest BCUT2D eigenvalue weighted by Crippen LogP contribution is -2.30. The van der Waals surface area contributed by atoms with Gasteiger partial charge in [0.1, 0.15) is 23.3 Å². The van der Waals surface area contributed by atoms with Gasteiger partial charge in [0.2, 0.25) is 0 Å². The molecule has 6 rings (SSSR count). The molecular formula is C36H36N8. The summed E-state index contributed by atoms with van der Waals surface area (Å²) >= 11 is 0. The molecule has 0 aliphatic rings. The van der Waals surface area contributed by atoms with Crippen molar-refractivity contribution in [1.82, 2.24) is 30.6 Å². The van der Waals surface area contributed by atoms with Gasteiger partial charge in [-0.15, -0.1) is 0 Å². The topological polar surface area (TPSA) is 129 Å². The van der Waals surface area contributed by atoms with E-state index in [9.17, 15) is 0 Å². The Balaban J connectivity index is 1.13. The highest BCUT2D eigenvalue weighted by Crippen LogP contribution is 2.24. The predicted molar refractivity (Wildman–Crippen MR) is 182 cm³/mol. The van der Waals surface area contributed by atoms with Crippen LogP contribution in [0.1, 0.15) is 49.9 Å². The van der Waals surface area contributed by atoms with Crippen molar-refractivity contribution >= 4 is 45.9 Å². The fraction of sp³-hybridized carbons (Fsp3) is 0.167. The third-order valence-corrected chi connectivity index (χ3v) is 7.25. The first-order chi connectivity index (χ1) is 21.2. The Morgan fingerprint density at radius 2 is 0.977 bits per heavy atom. The summed E-state index contributed by atoms with van der Waals surface area (Å²) in [7, 11) is 0. The van der Waals surface area contributed by atoms with Crippen LogP contribution in [0, 0.1) is 10.8 Å². The van der Waals surface area contributed by atoms with E-state index in [0.29, 0.717) is 11.7 Å². The Morgan fingerprint density at radius 3 is 1.34 bits per heavy atom. The van der Waals surface area contributed by atoms with Crippen LogP contribution in [0.15, 0.2) is 84.9 Å². The molecule has 0 bridgehead atoms. The van der Waals surface area contributed by atoms with Crippen molar-refractivity contribution in [2.75, 3.05) is 0 Å². The molecule has 0 saturated heterocycles. The molecule has 4 aromatic carbocycles. The third kappa shape index (κ3) is 6.29. The number of benzene rings is 4. The van der Waals surface area contributed by atoms with Gasteiger partial charge in [0.05, 0.1) is 22.1 Å². The van der Waals surface area contributed by atoms with Crippen LogP contribution in [-0.2, 0) is 0 Å². The summed E-state index contributed by atoms with van der Waals surface area (Å²) in [5, 5.41) is 22.8. The summed E-state index contributed by atoms with van der Waals surface area (Å²) < 4.78 is 0. The van der Waals surface area contributed by atoms with Gasteiger partial charge in [0, 0.05) is 34.3 Å². The number of nitrogens with zero attached hydrogens (tertiary/aromatic N) is 2. The Kier molecular flexibility index (Phi) is 7.81. The number of hydrogen-bond donors (Lipinski definition) is 6. The Hall–Kier alpha value is -5.50. The molecule has 0 spiro atoms. The van der Waals surface area contributed by atoms with Crippen molar-refractivity contribution in [3.05, 3.63) is 107 Å². The number of fused-ring (bicyclic) bond motifs is 2. The number of aromatic nitrogens is 4. The minimum absolute atomic E-state index is 0.201. The summed E-state index contributed by atoms with van der Waals surface area (Å²) in [6.07, 6.45) is 4.19. The van der Waals surface area contributed by atoms with Gasteiger partial charge in [0.15, 0.2) is 0 Å². The highest BCUT2D eigenvalue weighted by atomic mass is 15.0. The van der Waals surface area contributed by atoms with Crippen molar-refractivity contribution in [3.8, 4) is 22.8 Å². The fourth-order valence-corrected chi connectivity index (χ4v) is 5.04. The maximum atomic E-state index is 8.27. The smallest absolute Gasteiger partial charge is 0.138 e. The van der Waals surface area contributed by atoms with E-state index in [4.69, 9.17) is 20.8 Å². The standard InChI is InChI=1S/C36H36N8/c1-21(2)39-33(37)27-15-17-29-31(19-27)43-35(41-29)25-11-7-23(8-12-25)5-6-24-9-13-26(14-10-24)36-42-30-18-16-28(20-32(30)44-36)34(38)40-22(3)4/h5-22H,1-4H3,(H2,37,39)(H2,38,40)(H,41,43)(H,42,44)/b6-5+. The lowest BCUT2D eigenvalue weighted by molar-refractivity contribution is 0.730. The number of hydrogen-bond acceptors (Lipinski definition) is 4. The fourth-order valence-electron chi connectivity index (χ4n) is 5.04. The van der Waals surface area contributed by atoms with E-state index in [-0.39, 0.29) is 12.1 Å². The van der Waals surface area contributed by atoms with Crippen LogP contribution >= 0.6 is 0 Å². The quantitative estimate of drug-likeness (QED) is 0.0629. The number of nitrogens with one attached hydrogen (secondary N) is 6. The number of aromatic amines is 2.